The van der Waals surface area contributed by atoms with Crippen LogP contribution >= 0.6 is 11.7 Å². The molecule has 0 fully saturated rings. The van der Waals surface area contributed by atoms with E-state index in [9.17, 15) is 14.7 Å². The number of hydrogen-bond acceptors (Lipinski definition) is 7. The van der Waals surface area contributed by atoms with E-state index in [4.69, 9.17) is 9.84 Å². The summed E-state index contributed by atoms with van der Waals surface area (Å²) in [6, 6.07) is 22.9. The molecule has 5 aromatic rings. The highest BCUT2D eigenvalue weighted by Gasteiger charge is 2.26. The molecule has 0 bridgehead atoms. The minimum Gasteiger partial charge on any atom is -0.481 e. The molecule has 186 valence electrons. The molecule has 0 amide bonds. The van der Waals surface area contributed by atoms with Gasteiger partial charge in [-0.2, -0.15) is 13.8 Å². The zero-order chi connectivity index (χ0) is 25.8. The minimum atomic E-state index is -0.920. The Balaban J connectivity index is 1.66. The van der Waals surface area contributed by atoms with Gasteiger partial charge < -0.3 is 9.84 Å². The van der Waals surface area contributed by atoms with Crippen LogP contribution in [0, 0.1) is 0 Å². The molecular weight excluding hydrogens is 488 g/mol. The topological polar surface area (TPSA) is 107 Å². The van der Waals surface area contributed by atoms with Gasteiger partial charge in [0.15, 0.2) is 5.69 Å². The van der Waals surface area contributed by atoms with Crippen molar-refractivity contribution >= 4 is 34.7 Å². The first-order valence-corrected chi connectivity index (χ1v) is 12.6. The molecule has 0 unspecified atom stereocenters. The van der Waals surface area contributed by atoms with Crippen molar-refractivity contribution in [3.05, 3.63) is 101 Å². The van der Waals surface area contributed by atoms with Crippen LogP contribution in [0.5, 0.6) is 0 Å². The van der Waals surface area contributed by atoms with E-state index in [-0.39, 0.29) is 19.6 Å². The van der Waals surface area contributed by atoms with Crippen LogP contribution in [0.1, 0.15) is 39.7 Å². The third-order valence-electron chi connectivity index (χ3n) is 6.05. The van der Waals surface area contributed by atoms with E-state index in [1.54, 1.807) is 23.7 Å². The van der Waals surface area contributed by atoms with Crippen molar-refractivity contribution < 1.29 is 19.4 Å². The molecule has 2 heterocycles. The molecule has 9 heteroatoms. The van der Waals surface area contributed by atoms with E-state index in [0.717, 1.165) is 45.0 Å². The number of hydrogen-bond donors (Lipinski definition) is 1. The van der Waals surface area contributed by atoms with Crippen molar-refractivity contribution in [2.24, 2.45) is 0 Å². The second-order valence-corrected chi connectivity index (χ2v) is 9.05. The van der Waals surface area contributed by atoms with E-state index in [1.165, 1.54) is 0 Å². The van der Waals surface area contributed by atoms with Crippen molar-refractivity contribution in [3.8, 4) is 11.3 Å². The fourth-order valence-electron chi connectivity index (χ4n) is 4.39. The largest absolute Gasteiger partial charge is 0.481 e. The van der Waals surface area contributed by atoms with Crippen LogP contribution in [0.4, 0.5) is 0 Å². The summed E-state index contributed by atoms with van der Waals surface area (Å²) in [6.07, 6.45) is 0.314. The van der Waals surface area contributed by atoms with Crippen LogP contribution < -0.4 is 0 Å². The first-order chi connectivity index (χ1) is 18.0. The SMILES string of the molecule is CCOC(=O)c1c(Cc2ccc3nsnc3c2)c(-c2ccccc2)nn1Cc1ccccc1CC(=O)O. The van der Waals surface area contributed by atoms with Crippen molar-refractivity contribution in [1.82, 2.24) is 18.5 Å². The number of carboxylic acids is 1. The highest BCUT2D eigenvalue weighted by atomic mass is 32.1. The molecule has 0 spiro atoms. The summed E-state index contributed by atoms with van der Waals surface area (Å²) in [4.78, 5) is 24.8. The zero-order valence-corrected chi connectivity index (χ0v) is 20.9. The maximum absolute atomic E-state index is 13.3. The summed E-state index contributed by atoms with van der Waals surface area (Å²) < 4.78 is 15.7. The lowest BCUT2D eigenvalue weighted by atomic mass is 9.98. The maximum atomic E-state index is 13.3. The number of nitrogens with zero attached hydrogens (tertiary/aromatic N) is 4. The lowest BCUT2D eigenvalue weighted by Gasteiger charge is -2.12. The predicted octanol–water partition coefficient (Wildman–Crippen LogP) is 5.00. The average Bonchev–Trinajstić information content (AvgIpc) is 3.50. The molecule has 2 aromatic heterocycles. The van der Waals surface area contributed by atoms with Crippen molar-refractivity contribution in [2.45, 2.75) is 26.3 Å². The Hall–Kier alpha value is -4.37. The number of rotatable bonds is 9. The zero-order valence-electron chi connectivity index (χ0n) is 20.1. The number of ether oxygens (including phenoxy) is 1. The third kappa shape index (κ3) is 5.26. The fourth-order valence-corrected chi connectivity index (χ4v) is 4.90. The minimum absolute atomic E-state index is 0.119. The summed E-state index contributed by atoms with van der Waals surface area (Å²) in [5.41, 5.74) is 6.68. The monoisotopic (exact) mass is 512 g/mol. The summed E-state index contributed by atoms with van der Waals surface area (Å²) in [5, 5.41) is 14.3. The van der Waals surface area contributed by atoms with Gasteiger partial charge in [0.25, 0.3) is 0 Å². The van der Waals surface area contributed by atoms with Gasteiger partial charge in [-0.3, -0.25) is 9.48 Å². The van der Waals surface area contributed by atoms with Crippen LogP contribution in [0.25, 0.3) is 22.3 Å². The van der Waals surface area contributed by atoms with Crippen LogP contribution in [0.15, 0.2) is 72.8 Å². The lowest BCUT2D eigenvalue weighted by Crippen LogP contribution is -2.17. The van der Waals surface area contributed by atoms with Gasteiger partial charge in [-0.1, -0.05) is 60.7 Å². The molecule has 0 saturated carbocycles. The number of fused-ring (bicyclic) bond motifs is 1. The molecule has 0 aliphatic rings. The summed E-state index contributed by atoms with van der Waals surface area (Å²) in [6.45, 7) is 2.21. The van der Waals surface area contributed by atoms with E-state index in [0.29, 0.717) is 23.4 Å². The van der Waals surface area contributed by atoms with Crippen molar-refractivity contribution in [3.63, 3.8) is 0 Å². The van der Waals surface area contributed by atoms with Gasteiger partial charge in [0, 0.05) is 17.5 Å². The average molecular weight is 513 g/mol. The number of aromatic nitrogens is 4. The van der Waals surface area contributed by atoms with Gasteiger partial charge >= 0.3 is 11.9 Å². The van der Waals surface area contributed by atoms with Gasteiger partial charge in [0.2, 0.25) is 0 Å². The van der Waals surface area contributed by atoms with Crippen molar-refractivity contribution in [2.75, 3.05) is 6.61 Å². The van der Waals surface area contributed by atoms with Crippen LogP contribution in [-0.2, 0) is 28.9 Å². The second-order valence-electron chi connectivity index (χ2n) is 8.52. The Morgan fingerprint density at radius 2 is 1.68 bits per heavy atom. The molecule has 0 aliphatic heterocycles. The Morgan fingerprint density at radius 3 is 2.43 bits per heavy atom. The Bertz CT molecular complexity index is 1580. The number of carboxylic acid groups (broad SMARTS) is 1. The molecule has 37 heavy (non-hydrogen) atoms. The van der Waals surface area contributed by atoms with Crippen LogP contribution in [0.2, 0.25) is 0 Å². The standard InChI is InChI=1S/C28H24N4O4S/c1-2-36-28(35)27-22(14-18-12-13-23-24(15-18)31-37-30-23)26(19-8-4-3-5-9-19)29-32(27)17-21-11-7-6-10-20(21)16-25(33)34/h3-13,15H,2,14,16-17H2,1H3,(H,33,34). The molecule has 3 aromatic carbocycles. The molecule has 8 nitrogen and oxygen atoms in total. The normalized spacial score (nSPS) is 11.1. The molecule has 1 N–H and O–H groups in total. The van der Waals surface area contributed by atoms with Gasteiger partial charge in [0.1, 0.15) is 11.0 Å². The molecule has 0 radical (unpaired) electrons. The van der Waals surface area contributed by atoms with Gasteiger partial charge in [-0.05, 0) is 35.7 Å². The Labute approximate surface area is 217 Å². The van der Waals surface area contributed by atoms with Crippen LogP contribution in [0.3, 0.4) is 0 Å². The number of aliphatic carboxylic acids is 1. The second kappa shape index (κ2) is 10.7. The number of carbonyl (C=O) groups is 2. The van der Waals surface area contributed by atoms with Gasteiger partial charge in [-0.15, -0.1) is 0 Å². The van der Waals surface area contributed by atoms with E-state index >= 15 is 0 Å². The Kier molecular flexibility index (Phi) is 7.04. The van der Waals surface area contributed by atoms with E-state index in [1.807, 2.05) is 60.7 Å². The fraction of sp³-hybridized carbons (Fsp3) is 0.179. The number of benzene rings is 3. The number of esters is 1. The Morgan fingerprint density at radius 1 is 0.946 bits per heavy atom. The maximum Gasteiger partial charge on any atom is 0.356 e. The highest BCUT2D eigenvalue weighted by Crippen LogP contribution is 2.30. The molecule has 0 saturated heterocycles. The molecule has 0 atom stereocenters. The molecule has 0 aliphatic carbocycles. The molecular formula is C28H24N4O4S. The third-order valence-corrected chi connectivity index (χ3v) is 6.60. The first-order valence-electron chi connectivity index (χ1n) is 11.9. The van der Waals surface area contributed by atoms with E-state index in [2.05, 4.69) is 8.75 Å². The number of carbonyl (C=O) groups excluding carboxylic acids is 1. The first kappa shape index (κ1) is 24.3. The van der Waals surface area contributed by atoms with Gasteiger partial charge in [-0.25, -0.2) is 4.79 Å². The van der Waals surface area contributed by atoms with Crippen molar-refractivity contribution in [1.29, 1.82) is 0 Å². The lowest BCUT2D eigenvalue weighted by molar-refractivity contribution is -0.136. The molecule has 5 rings (SSSR count). The quantitative estimate of drug-likeness (QED) is 0.277. The smallest absolute Gasteiger partial charge is 0.356 e. The summed E-state index contributed by atoms with van der Waals surface area (Å²) in [5.74, 6) is -1.39. The van der Waals surface area contributed by atoms with E-state index < -0.39 is 11.9 Å². The van der Waals surface area contributed by atoms with Gasteiger partial charge in [0.05, 0.1) is 37.0 Å². The summed E-state index contributed by atoms with van der Waals surface area (Å²) in [7, 11) is 0. The summed E-state index contributed by atoms with van der Waals surface area (Å²) >= 11 is 1.16. The van der Waals surface area contributed by atoms with Crippen LogP contribution in [-0.4, -0.2) is 42.2 Å². The highest BCUT2D eigenvalue weighted by molar-refractivity contribution is 7.00. The predicted molar refractivity (Wildman–Crippen MR) is 141 cm³/mol.